The first kappa shape index (κ1) is 17.7. The Bertz CT molecular complexity index is 627. The zero-order chi connectivity index (χ0) is 17.8. The smallest absolute Gasteiger partial charge is 0.277 e. The fraction of sp³-hybridized carbons (Fsp3) is 0.556. The van der Waals surface area contributed by atoms with E-state index in [1.54, 1.807) is 17.0 Å². The molecular formula is C18H26FN4O2+. The third-order valence-corrected chi connectivity index (χ3v) is 4.68. The number of hydrogen-bond donors (Lipinski definition) is 2. The van der Waals surface area contributed by atoms with Crippen LogP contribution < -0.4 is 15.1 Å². The van der Waals surface area contributed by atoms with E-state index in [4.69, 9.17) is 0 Å². The van der Waals surface area contributed by atoms with Crippen molar-refractivity contribution in [1.29, 1.82) is 0 Å². The molecule has 1 aliphatic heterocycles. The predicted molar refractivity (Wildman–Crippen MR) is 93.0 cm³/mol. The number of quaternary nitrogens is 1. The van der Waals surface area contributed by atoms with Gasteiger partial charge in [-0.15, -0.1) is 0 Å². The molecule has 2 aliphatic rings. The van der Waals surface area contributed by atoms with E-state index in [2.05, 4.69) is 5.32 Å². The summed E-state index contributed by atoms with van der Waals surface area (Å²) in [5.41, 5.74) is 0.592. The molecule has 1 aliphatic carbocycles. The number of anilines is 1. The number of nitrogens with one attached hydrogen (secondary N) is 2. The maximum Gasteiger partial charge on any atom is 0.277 e. The number of halogens is 1. The van der Waals surface area contributed by atoms with E-state index in [0.29, 0.717) is 51.0 Å². The van der Waals surface area contributed by atoms with E-state index >= 15 is 0 Å². The number of hydrogen-bond acceptors (Lipinski definition) is 3. The van der Waals surface area contributed by atoms with E-state index in [9.17, 15) is 14.0 Å². The number of benzene rings is 1. The monoisotopic (exact) mass is 349 g/mol. The van der Waals surface area contributed by atoms with Crippen LogP contribution in [0.4, 0.5) is 10.1 Å². The summed E-state index contributed by atoms with van der Waals surface area (Å²) < 4.78 is 13.9. The van der Waals surface area contributed by atoms with E-state index in [1.165, 1.54) is 6.07 Å². The lowest BCUT2D eigenvalue weighted by atomic mass is 10.2. The molecule has 136 valence electrons. The lowest BCUT2D eigenvalue weighted by Crippen LogP contribution is -3.11. The molecule has 1 aromatic carbocycles. The number of piperazine rings is 1. The summed E-state index contributed by atoms with van der Waals surface area (Å²) in [5.74, 6) is -0.171. The van der Waals surface area contributed by atoms with Crippen molar-refractivity contribution in [3.05, 3.63) is 30.1 Å². The lowest BCUT2D eigenvalue weighted by molar-refractivity contribution is -0.863. The second kappa shape index (κ2) is 7.82. The molecule has 2 N–H and O–H groups in total. The Morgan fingerprint density at radius 1 is 1.16 bits per heavy atom. The van der Waals surface area contributed by atoms with Gasteiger partial charge in [-0.25, -0.2) is 4.39 Å². The molecule has 3 rings (SSSR count). The molecule has 1 saturated carbocycles. The number of likely N-dealkylation sites (N-methyl/N-ethyl adjacent to an activating group) is 1. The van der Waals surface area contributed by atoms with Crippen molar-refractivity contribution in [1.82, 2.24) is 10.2 Å². The summed E-state index contributed by atoms with van der Waals surface area (Å²) in [4.78, 5) is 28.9. The molecule has 1 atom stereocenters. The molecule has 7 heteroatoms. The average Bonchev–Trinajstić information content (AvgIpc) is 3.39. The minimum absolute atomic E-state index is 0.0113. The molecule has 6 nitrogen and oxygen atoms in total. The van der Waals surface area contributed by atoms with Gasteiger partial charge in [-0.1, -0.05) is 12.1 Å². The normalized spacial score (nSPS) is 18.8. The minimum Gasteiger partial charge on any atom is -0.366 e. The number of nitrogens with zero attached hydrogens (tertiary/aromatic N) is 2. The number of carbonyl (C=O) groups excluding carboxylic acids is 2. The van der Waals surface area contributed by atoms with Gasteiger partial charge in [-0.3, -0.25) is 9.59 Å². The molecule has 25 heavy (non-hydrogen) atoms. The summed E-state index contributed by atoms with van der Waals surface area (Å²) in [6.07, 6.45) is 2.13. The molecule has 1 unspecified atom stereocenters. The van der Waals surface area contributed by atoms with Crippen LogP contribution in [0.3, 0.4) is 0 Å². The van der Waals surface area contributed by atoms with Gasteiger partial charge in [-0.2, -0.15) is 0 Å². The number of amides is 2. The predicted octanol–water partition coefficient (Wildman–Crippen LogP) is -0.732. The fourth-order valence-electron chi connectivity index (χ4n) is 3.12. The Labute approximate surface area is 147 Å². The van der Waals surface area contributed by atoms with Crippen LogP contribution in [0.5, 0.6) is 0 Å². The van der Waals surface area contributed by atoms with Crippen molar-refractivity contribution in [3.63, 3.8) is 0 Å². The van der Waals surface area contributed by atoms with Crippen LogP contribution in [-0.2, 0) is 9.59 Å². The highest BCUT2D eigenvalue weighted by Gasteiger charge is 2.27. The summed E-state index contributed by atoms with van der Waals surface area (Å²) in [7, 11) is 1.86. The first-order valence-electron chi connectivity index (χ1n) is 8.91. The molecule has 1 saturated heterocycles. The molecule has 0 aromatic heterocycles. The van der Waals surface area contributed by atoms with Gasteiger partial charge in [-0.05, 0) is 25.0 Å². The van der Waals surface area contributed by atoms with Crippen LogP contribution >= 0.6 is 0 Å². The lowest BCUT2D eigenvalue weighted by Gasteiger charge is -2.36. The molecule has 2 fully saturated rings. The zero-order valence-corrected chi connectivity index (χ0v) is 14.6. The first-order valence-corrected chi connectivity index (χ1v) is 8.91. The zero-order valence-electron chi connectivity index (χ0n) is 14.6. The van der Waals surface area contributed by atoms with E-state index in [0.717, 1.165) is 17.7 Å². The van der Waals surface area contributed by atoms with E-state index in [1.807, 2.05) is 18.0 Å². The summed E-state index contributed by atoms with van der Waals surface area (Å²) in [5, 5.41) is 2.94. The highest BCUT2D eigenvalue weighted by molar-refractivity contribution is 5.79. The first-order chi connectivity index (χ1) is 12.0. The molecule has 2 amide bonds. The van der Waals surface area contributed by atoms with Crippen molar-refractivity contribution < 1.29 is 18.9 Å². The Hall–Kier alpha value is -2.15. The Kier molecular flexibility index (Phi) is 5.53. The molecule has 0 radical (unpaired) electrons. The van der Waals surface area contributed by atoms with Crippen LogP contribution in [0.2, 0.25) is 0 Å². The van der Waals surface area contributed by atoms with Gasteiger partial charge in [0.2, 0.25) is 0 Å². The highest BCUT2D eigenvalue weighted by atomic mass is 19.1. The SMILES string of the molecule is C[NH+](CC(=O)NC1CC1)CC(=O)N1CCN(c2ccccc2F)CC1. The standard InChI is InChI=1S/C18H25FN4O2/c1-21(12-17(24)20-14-6-7-14)13-18(25)23-10-8-22(9-11-23)16-5-3-2-4-15(16)19/h2-5,14H,6-13H2,1H3,(H,20,24)/p+1. The quantitative estimate of drug-likeness (QED) is 0.712. The van der Waals surface area contributed by atoms with Gasteiger partial charge < -0.3 is 20.0 Å². The molecule has 1 aromatic rings. The van der Waals surface area contributed by atoms with Crippen molar-refractivity contribution >= 4 is 17.5 Å². The van der Waals surface area contributed by atoms with Crippen LogP contribution in [0.25, 0.3) is 0 Å². The van der Waals surface area contributed by atoms with Crippen molar-refractivity contribution in [3.8, 4) is 0 Å². The second-order valence-corrected chi connectivity index (χ2v) is 6.97. The van der Waals surface area contributed by atoms with E-state index in [-0.39, 0.29) is 17.6 Å². The number of para-hydroxylation sites is 1. The Morgan fingerprint density at radius 2 is 1.84 bits per heavy atom. The number of rotatable bonds is 6. The summed E-state index contributed by atoms with van der Waals surface area (Å²) in [6, 6.07) is 7.07. The fourth-order valence-corrected chi connectivity index (χ4v) is 3.12. The highest BCUT2D eigenvalue weighted by Crippen LogP contribution is 2.20. The topological polar surface area (TPSA) is 57.1 Å². The maximum absolute atomic E-state index is 13.9. The van der Waals surface area contributed by atoms with Crippen LogP contribution in [0.15, 0.2) is 24.3 Å². The molecule has 1 heterocycles. The van der Waals surface area contributed by atoms with Gasteiger partial charge in [0.05, 0.1) is 12.7 Å². The summed E-state index contributed by atoms with van der Waals surface area (Å²) in [6.45, 7) is 3.01. The van der Waals surface area contributed by atoms with Crippen LogP contribution in [-0.4, -0.2) is 69.1 Å². The maximum atomic E-state index is 13.9. The average molecular weight is 349 g/mol. The van der Waals surface area contributed by atoms with Crippen molar-refractivity contribution in [2.45, 2.75) is 18.9 Å². The minimum atomic E-state index is -0.229. The third-order valence-electron chi connectivity index (χ3n) is 4.68. The second-order valence-electron chi connectivity index (χ2n) is 6.97. The van der Waals surface area contributed by atoms with Gasteiger partial charge in [0.25, 0.3) is 11.8 Å². The van der Waals surface area contributed by atoms with Gasteiger partial charge >= 0.3 is 0 Å². The Morgan fingerprint density at radius 3 is 2.48 bits per heavy atom. The largest absolute Gasteiger partial charge is 0.366 e. The molecule has 0 spiro atoms. The number of carbonyl (C=O) groups is 2. The van der Waals surface area contributed by atoms with Gasteiger partial charge in [0.1, 0.15) is 5.82 Å². The third kappa shape index (κ3) is 4.92. The van der Waals surface area contributed by atoms with Gasteiger partial charge in [0, 0.05) is 32.2 Å². The molecule has 0 bridgehead atoms. The van der Waals surface area contributed by atoms with E-state index < -0.39 is 0 Å². The van der Waals surface area contributed by atoms with Crippen molar-refractivity contribution in [2.24, 2.45) is 0 Å². The van der Waals surface area contributed by atoms with Crippen molar-refractivity contribution in [2.75, 3.05) is 51.2 Å². The Balaban J connectivity index is 1.43. The van der Waals surface area contributed by atoms with Crippen LogP contribution in [0.1, 0.15) is 12.8 Å². The summed E-state index contributed by atoms with van der Waals surface area (Å²) >= 11 is 0. The molecular weight excluding hydrogens is 323 g/mol. The van der Waals surface area contributed by atoms with Crippen LogP contribution in [0, 0.1) is 5.82 Å². The van der Waals surface area contributed by atoms with Gasteiger partial charge in [0.15, 0.2) is 13.1 Å².